The summed E-state index contributed by atoms with van der Waals surface area (Å²) in [4.78, 5) is 26.8. The Hall–Kier alpha value is -3.40. The number of anilines is 1. The molecule has 2 amide bonds. The highest BCUT2D eigenvalue weighted by Gasteiger charge is 2.31. The molecule has 0 saturated carbocycles. The van der Waals surface area contributed by atoms with Crippen LogP contribution in [0.1, 0.15) is 23.1 Å². The number of carbonyl (C=O) groups is 2. The molecule has 1 unspecified atom stereocenters. The number of nitrogens with one attached hydrogen (secondary N) is 1. The molecular weight excluding hydrogens is 372 g/mol. The largest absolute Gasteiger partial charge is 0.351 e. The van der Waals surface area contributed by atoms with Crippen LogP contribution in [0.3, 0.4) is 0 Å². The highest BCUT2D eigenvalue weighted by atomic mass is 16.2. The van der Waals surface area contributed by atoms with Crippen LogP contribution in [0.25, 0.3) is 11.1 Å². The fourth-order valence-electron chi connectivity index (χ4n) is 3.86. The SMILES string of the molecule is Cc1ccc(N2CC(NC(=O)Cc3ccc(-c4ccccc4)cc3)CC2=O)cc1C. The zero-order chi connectivity index (χ0) is 21.1. The second-order valence-electron chi connectivity index (χ2n) is 7.98. The molecule has 1 saturated heterocycles. The first-order valence-electron chi connectivity index (χ1n) is 10.3. The van der Waals surface area contributed by atoms with Crippen molar-refractivity contribution in [3.8, 4) is 11.1 Å². The molecular formula is C26H26N2O2. The molecule has 0 aromatic heterocycles. The quantitative estimate of drug-likeness (QED) is 0.691. The number of rotatable bonds is 5. The van der Waals surface area contributed by atoms with Crippen LogP contribution in [-0.4, -0.2) is 24.4 Å². The third kappa shape index (κ3) is 4.43. The zero-order valence-corrected chi connectivity index (χ0v) is 17.4. The molecule has 0 bridgehead atoms. The van der Waals surface area contributed by atoms with Crippen LogP contribution in [0.15, 0.2) is 72.8 Å². The van der Waals surface area contributed by atoms with Crippen LogP contribution in [-0.2, 0) is 16.0 Å². The molecule has 4 heteroatoms. The van der Waals surface area contributed by atoms with Gasteiger partial charge in [0.05, 0.1) is 12.5 Å². The lowest BCUT2D eigenvalue weighted by molar-refractivity contribution is -0.121. The van der Waals surface area contributed by atoms with E-state index in [-0.39, 0.29) is 17.9 Å². The lowest BCUT2D eigenvalue weighted by Crippen LogP contribution is -2.38. The summed E-state index contributed by atoms with van der Waals surface area (Å²) in [6.45, 7) is 4.61. The normalized spacial score (nSPS) is 16.0. The van der Waals surface area contributed by atoms with E-state index in [4.69, 9.17) is 0 Å². The maximum absolute atomic E-state index is 12.5. The fraction of sp³-hybridized carbons (Fsp3) is 0.231. The van der Waals surface area contributed by atoms with Crippen molar-refractivity contribution < 1.29 is 9.59 Å². The Morgan fingerprint density at radius 2 is 1.63 bits per heavy atom. The van der Waals surface area contributed by atoms with Gasteiger partial charge in [0.25, 0.3) is 0 Å². The van der Waals surface area contributed by atoms with Gasteiger partial charge in [0.2, 0.25) is 11.8 Å². The molecule has 1 heterocycles. The maximum Gasteiger partial charge on any atom is 0.229 e. The van der Waals surface area contributed by atoms with Crippen LogP contribution in [0.5, 0.6) is 0 Å². The Balaban J connectivity index is 1.35. The van der Waals surface area contributed by atoms with E-state index in [1.54, 1.807) is 4.90 Å². The van der Waals surface area contributed by atoms with Crippen molar-refractivity contribution >= 4 is 17.5 Å². The van der Waals surface area contributed by atoms with Gasteiger partial charge in [-0.2, -0.15) is 0 Å². The Morgan fingerprint density at radius 1 is 0.933 bits per heavy atom. The Labute approximate surface area is 177 Å². The summed E-state index contributed by atoms with van der Waals surface area (Å²) in [5, 5.41) is 3.03. The summed E-state index contributed by atoms with van der Waals surface area (Å²) in [6.07, 6.45) is 0.648. The first-order chi connectivity index (χ1) is 14.5. The molecule has 4 rings (SSSR count). The second kappa shape index (κ2) is 8.54. The van der Waals surface area contributed by atoms with E-state index in [0.29, 0.717) is 19.4 Å². The number of nitrogens with zero attached hydrogens (tertiary/aromatic N) is 1. The topological polar surface area (TPSA) is 49.4 Å². The monoisotopic (exact) mass is 398 g/mol. The number of amides is 2. The summed E-state index contributed by atoms with van der Waals surface area (Å²) in [5.41, 5.74) is 6.51. The molecule has 0 aliphatic carbocycles. The Kier molecular flexibility index (Phi) is 5.66. The van der Waals surface area contributed by atoms with Crippen molar-refractivity contribution in [1.82, 2.24) is 5.32 Å². The van der Waals surface area contributed by atoms with Crippen molar-refractivity contribution in [3.63, 3.8) is 0 Å². The van der Waals surface area contributed by atoms with Gasteiger partial charge in [-0.25, -0.2) is 0 Å². The molecule has 1 fully saturated rings. The molecule has 1 atom stereocenters. The summed E-state index contributed by atoms with van der Waals surface area (Å²) in [6, 6.07) is 24.1. The lowest BCUT2D eigenvalue weighted by Gasteiger charge is -2.18. The van der Waals surface area contributed by atoms with Gasteiger partial charge >= 0.3 is 0 Å². The van der Waals surface area contributed by atoms with Crippen molar-refractivity contribution in [3.05, 3.63) is 89.5 Å². The average Bonchev–Trinajstić information content (AvgIpc) is 3.11. The predicted octanol–water partition coefficient (Wildman–Crippen LogP) is 4.43. The van der Waals surface area contributed by atoms with E-state index in [2.05, 4.69) is 24.4 Å². The number of carbonyl (C=O) groups excluding carboxylic acids is 2. The second-order valence-corrected chi connectivity index (χ2v) is 7.98. The summed E-state index contributed by atoms with van der Waals surface area (Å²) >= 11 is 0. The molecule has 3 aromatic rings. The van der Waals surface area contributed by atoms with Crippen molar-refractivity contribution in [2.45, 2.75) is 32.7 Å². The molecule has 0 radical (unpaired) electrons. The van der Waals surface area contributed by atoms with E-state index in [9.17, 15) is 9.59 Å². The van der Waals surface area contributed by atoms with Gasteiger partial charge in [-0.1, -0.05) is 60.7 Å². The van der Waals surface area contributed by atoms with Gasteiger partial charge in [-0.3, -0.25) is 9.59 Å². The molecule has 4 nitrogen and oxygen atoms in total. The number of benzene rings is 3. The summed E-state index contributed by atoms with van der Waals surface area (Å²) in [7, 11) is 0. The van der Waals surface area contributed by atoms with Gasteiger partial charge < -0.3 is 10.2 Å². The van der Waals surface area contributed by atoms with Gasteiger partial charge in [0.15, 0.2) is 0 Å². The first-order valence-corrected chi connectivity index (χ1v) is 10.3. The lowest BCUT2D eigenvalue weighted by atomic mass is 10.0. The van der Waals surface area contributed by atoms with Crippen molar-refractivity contribution in [2.24, 2.45) is 0 Å². The van der Waals surface area contributed by atoms with Gasteiger partial charge in [0, 0.05) is 18.7 Å². The minimum Gasteiger partial charge on any atom is -0.351 e. The van der Waals surface area contributed by atoms with Crippen LogP contribution in [0.2, 0.25) is 0 Å². The third-order valence-corrected chi connectivity index (χ3v) is 5.72. The first kappa shape index (κ1) is 19.9. The van der Waals surface area contributed by atoms with E-state index < -0.39 is 0 Å². The Morgan fingerprint density at radius 3 is 2.33 bits per heavy atom. The van der Waals surface area contributed by atoms with Gasteiger partial charge in [0.1, 0.15) is 0 Å². The molecule has 30 heavy (non-hydrogen) atoms. The molecule has 0 spiro atoms. The van der Waals surface area contributed by atoms with Gasteiger partial charge in [-0.15, -0.1) is 0 Å². The minimum absolute atomic E-state index is 0.0516. The third-order valence-electron chi connectivity index (χ3n) is 5.72. The molecule has 1 aliphatic rings. The molecule has 1 N–H and O–H groups in total. The number of hydrogen-bond donors (Lipinski definition) is 1. The summed E-state index contributed by atoms with van der Waals surface area (Å²) in [5.74, 6) is -0.00188. The number of aryl methyl sites for hydroxylation is 2. The predicted molar refractivity (Wildman–Crippen MR) is 120 cm³/mol. The number of hydrogen-bond acceptors (Lipinski definition) is 2. The standard InChI is InChI=1S/C26H26N2O2/c1-18-8-13-24(14-19(18)2)28-17-23(16-26(28)30)27-25(29)15-20-9-11-22(12-10-20)21-6-4-3-5-7-21/h3-14,23H,15-17H2,1-2H3,(H,27,29). The van der Waals surface area contributed by atoms with Gasteiger partial charge in [-0.05, 0) is 53.8 Å². The minimum atomic E-state index is -0.157. The zero-order valence-electron chi connectivity index (χ0n) is 17.4. The smallest absolute Gasteiger partial charge is 0.229 e. The van der Waals surface area contributed by atoms with Crippen molar-refractivity contribution in [1.29, 1.82) is 0 Å². The summed E-state index contributed by atoms with van der Waals surface area (Å²) < 4.78 is 0. The van der Waals surface area contributed by atoms with Crippen LogP contribution < -0.4 is 10.2 Å². The maximum atomic E-state index is 12.5. The van der Waals surface area contributed by atoms with E-state index in [1.807, 2.05) is 67.6 Å². The molecule has 3 aromatic carbocycles. The molecule has 1 aliphatic heterocycles. The van der Waals surface area contributed by atoms with E-state index >= 15 is 0 Å². The van der Waals surface area contributed by atoms with Crippen LogP contribution in [0, 0.1) is 13.8 Å². The molecule has 152 valence electrons. The van der Waals surface area contributed by atoms with Crippen molar-refractivity contribution in [2.75, 3.05) is 11.4 Å². The fourth-order valence-corrected chi connectivity index (χ4v) is 3.86. The van der Waals surface area contributed by atoms with E-state index in [0.717, 1.165) is 27.9 Å². The average molecular weight is 399 g/mol. The highest BCUT2D eigenvalue weighted by molar-refractivity contribution is 5.97. The highest BCUT2D eigenvalue weighted by Crippen LogP contribution is 2.24. The van der Waals surface area contributed by atoms with Crippen LogP contribution >= 0.6 is 0 Å². The van der Waals surface area contributed by atoms with Crippen LogP contribution in [0.4, 0.5) is 5.69 Å². The Bertz CT molecular complexity index is 1060. The van der Waals surface area contributed by atoms with E-state index in [1.165, 1.54) is 5.56 Å².